The number of hydrogen-bond acceptors (Lipinski definition) is 3. The maximum absolute atomic E-state index is 12.5. The van der Waals surface area contributed by atoms with E-state index in [1.807, 2.05) is 26.1 Å². The number of anilines is 1. The third-order valence-electron chi connectivity index (χ3n) is 4.69. The van der Waals surface area contributed by atoms with Gasteiger partial charge in [0.25, 0.3) is 5.91 Å². The van der Waals surface area contributed by atoms with Crippen molar-refractivity contribution in [2.45, 2.75) is 52.5 Å². The van der Waals surface area contributed by atoms with Crippen molar-refractivity contribution in [3.8, 4) is 0 Å². The van der Waals surface area contributed by atoms with Gasteiger partial charge in [-0.3, -0.25) is 4.79 Å². The van der Waals surface area contributed by atoms with Crippen molar-refractivity contribution in [3.05, 3.63) is 23.4 Å². The molecule has 0 saturated heterocycles. The van der Waals surface area contributed by atoms with Crippen LogP contribution in [0.2, 0.25) is 0 Å². The predicted octanol–water partition coefficient (Wildman–Crippen LogP) is 3.24. The molecule has 1 saturated carbocycles. The Hall–Kier alpha value is -1.58. The fraction of sp³-hybridized carbons (Fsp3) is 0.647. The normalized spacial score (nSPS) is 25.4. The van der Waals surface area contributed by atoms with Gasteiger partial charge in [0.15, 0.2) is 0 Å². The van der Waals surface area contributed by atoms with Crippen molar-refractivity contribution in [1.82, 2.24) is 10.3 Å². The molecule has 2 rings (SSSR count). The first kappa shape index (κ1) is 15.8. The molecule has 1 aliphatic carbocycles. The summed E-state index contributed by atoms with van der Waals surface area (Å²) in [7, 11) is 1.83. The Morgan fingerprint density at radius 1 is 1.29 bits per heavy atom. The minimum atomic E-state index is 0.0235. The smallest absolute Gasteiger partial charge is 0.251 e. The lowest BCUT2D eigenvalue weighted by molar-refractivity contribution is 0.0910. The molecule has 1 heterocycles. The zero-order valence-corrected chi connectivity index (χ0v) is 13.6. The lowest BCUT2D eigenvalue weighted by Crippen LogP contribution is -2.39. The standard InChI is InChI=1S/C17H27N3O/c1-5-14-9-13(10-16(18-4)19-14)17(21)20-15-7-6-11(2)12(3)8-15/h9-12,15H,5-8H2,1-4H3,(H,18,19)(H,20,21). The van der Waals surface area contributed by atoms with E-state index in [9.17, 15) is 4.79 Å². The molecule has 1 fully saturated rings. The van der Waals surface area contributed by atoms with Gasteiger partial charge in [-0.1, -0.05) is 20.8 Å². The van der Waals surface area contributed by atoms with Crippen LogP contribution in [0.3, 0.4) is 0 Å². The first-order valence-electron chi connectivity index (χ1n) is 8.03. The molecule has 4 heteroatoms. The van der Waals surface area contributed by atoms with Gasteiger partial charge in [-0.2, -0.15) is 0 Å². The van der Waals surface area contributed by atoms with Gasteiger partial charge in [-0.25, -0.2) is 4.98 Å². The second-order valence-electron chi connectivity index (χ2n) is 6.27. The summed E-state index contributed by atoms with van der Waals surface area (Å²) in [6.45, 7) is 6.63. The molecule has 0 aliphatic heterocycles. The van der Waals surface area contributed by atoms with Crippen LogP contribution >= 0.6 is 0 Å². The topological polar surface area (TPSA) is 54.0 Å². The summed E-state index contributed by atoms with van der Waals surface area (Å²) in [5, 5.41) is 6.22. The number of amides is 1. The molecule has 1 amide bonds. The Labute approximate surface area is 127 Å². The second kappa shape index (κ2) is 6.92. The fourth-order valence-corrected chi connectivity index (χ4v) is 2.98. The summed E-state index contributed by atoms with van der Waals surface area (Å²) in [4.78, 5) is 16.9. The van der Waals surface area contributed by atoms with Gasteiger partial charge < -0.3 is 10.6 Å². The van der Waals surface area contributed by atoms with E-state index in [0.29, 0.717) is 17.5 Å². The highest BCUT2D eigenvalue weighted by Crippen LogP contribution is 2.29. The van der Waals surface area contributed by atoms with Crippen LogP contribution in [0.25, 0.3) is 0 Å². The van der Waals surface area contributed by atoms with Crippen molar-refractivity contribution in [2.75, 3.05) is 12.4 Å². The van der Waals surface area contributed by atoms with Gasteiger partial charge in [0.05, 0.1) is 0 Å². The number of pyridine rings is 1. The van der Waals surface area contributed by atoms with Gasteiger partial charge in [-0.05, 0) is 49.7 Å². The number of nitrogens with one attached hydrogen (secondary N) is 2. The monoisotopic (exact) mass is 289 g/mol. The number of aryl methyl sites for hydroxylation is 1. The van der Waals surface area contributed by atoms with Gasteiger partial charge in [-0.15, -0.1) is 0 Å². The van der Waals surface area contributed by atoms with Crippen LogP contribution in [0.5, 0.6) is 0 Å². The molecule has 3 atom stereocenters. The van der Waals surface area contributed by atoms with Crippen molar-refractivity contribution in [2.24, 2.45) is 11.8 Å². The molecule has 116 valence electrons. The Balaban J connectivity index is 2.06. The first-order chi connectivity index (χ1) is 10.0. The van der Waals surface area contributed by atoms with Gasteiger partial charge in [0, 0.05) is 24.3 Å². The lowest BCUT2D eigenvalue weighted by atomic mass is 9.79. The van der Waals surface area contributed by atoms with E-state index in [0.717, 1.165) is 36.7 Å². The van der Waals surface area contributed by atoms with E-state index in [4.69, 9.17) is 0 Å². The third kappa shape index (κ3) is 3.96. The minimum absolute atomic E-state index is 0.0235. The molecule has 4 nitrogen and oxygen atoms in total. The summed E-state index contributed by atoms with van der Waals surface area (Å²) in [5.41, 5.74) is 1.65. The molecule has 0 radical (unpaired) electrons. The zero-order valence-electron chi connectivity index (χ0n) is 13.6. The number of nitrogens with zero attached hydrogens (tertiary/aromatic N) is 1. The quantitative estimate of drug-likeness (QED) is 0.894. The number of carbonyl (C=O) groups is 1. The second-order valence-corrected chi connectivity index (χ2v) is 6.27. The van der Waals surface area contributed by atoms with Gasteiger partial charge in [0.2, 0.25) is 0 Å². The Bertz CT molecular complexity index is 479. The average Bonchev–Trinajstić information content (AvgIpc) is 2.50. The highest BCUT2D eigenvalue weighted by atomic mass is 16.1. The van der Waals surface area contributed by atoms with Crippen LogP contribution in [0, 0.1) is 11.8 Å². The molecular weight excluding hydrogens is 262 g/mol. The van der Waals surface area contributed by atoms with Crippen molar-refractivity contribution >= 4 is 11.7 Å². The Morgan fingerprint density at radius 3 is 2.67 bits per heavy atom. The van der Waals surface area contributed by atoms with Crippen molar-refractivity contribution in [1.29, 1.82) is 0 Å². The van der Waals surface area contributed by atoms with Crippen molar-refractivity contribution < 1.29 is 4.79 Å². The summed E-state index contributed by atoms with van der Waals surface area (Å²) < 4.78 is 0. The van der Waals surface area contributed by atoms with E-state index in [1.54, 1.807) is 0 Å². The molecule has 0 bridgehead atoms. The van der Waals surface area contributed by atoms with E-state index in [2.05, 4.69) is 29.5 Å². The van der Waals surface area contributed by atoms with E-state index in [1.165, 1.54) is 6.42 Å². The predicted molar refractivity (Wildman–Crippen MR) is 86.6 cm³/mol. The highest BCUT2D eigenvalue weighted by molar-refractivity contribution is 5.95. The van der Waals surface area contributed by atoms with E-state index in [-0.39, 0.29) is 5.91 Å². The van der Waals surface area contributed by atoms with Crippen molar-refractivity contribution in [3.63, 3.8) is 0 Å². The minimum Gasteiger partial charge on any atom is -0.373 e. The Morgan fingerprint density at radius 2 is 2.05 bits per heavy atom. The number of rotatable bonds is 4. The molecule has 2 N–H and O–H groups in total. The van der Waals surface area contributed by atoms with Gasteiger partial charge in [0.1, 0.15) is 5.82 Å². The number of hydrogen-bond donors (Lipinski definition) is 2. The molecular formula is C17H27N3O. The molecule has 0 aromatic carbocycles. The van der Waals surface area contributed by atoms with Crippen LogP contribution in [-0.4, -0.2) is 24.0 Å². The third-order valence-corrected chi connectivity index (χ3v) is 4.69. The fourth-order valence-electron chi connectivity index (χ4n) is 2.98. The number of aromatic nitrogens is 1. The van der Waals surface area contributed by atoms with E-state index < -0.39 is 0 Å². The molecule has 21 heavy (non-hydrogen) atoms. The first-order valence-corrected chi connectivity index (χ1v) is 8.03. The maximum atomic E-state index is 12.5. The molecule has 0 spiro atoms. The SMILES string of the molecule is CCc1cc(C(=O)NC2CCC(C)C(C)C2)cc(NC)n1. The molecule has 1 aromatic heterocycles. The lowest BCUT2D eigenvalue weighted by Gasteiger charge is -2.32. The van der Waals surface area contributed by atoms with Crippen LogP contribution in [0.1, 0.15) is 56.1 Å². The largest absolute Gasteiger partial charge is 0.373 e. The molecule has 3 unspecified atom stereocenters. The van der Waals surface area contributed by atoms with Crippen LogP contribution in [0.4, 0.5) is 5.82 Å². The molecule has 1 aromatic rings. The number of carbonyl (C=O) groups excluding carboxylic acids is 1. The van der Waals surface area contributed by atoms with Crippen LogP contribution < -0.4 is 10.6 Å². The summed E-state index contributed by atoms with van der Waals surface area (Å²) >= 11 is 0. The van der Waals surface area contributed by atoms with Crippen LogP contribution in [-0.2, 0) is 6.42 Å². The van der Waals surface area contributed by atoms with E-state index >= 15 is 0 Å². The summed E-state index contributed by atoms with van der Waals surface area (Å²) in [6.07, 6.45) is 4.19. The highest BCUT2D eigenvalue weighted by Gasteiger charge is 2.25. The average molecular weight is 289 g/mol. The summed E-state index contributed by atoms with van der Waals surface area (Å²) in [5.74, 6) is 2.22. The zero-order chi connectivity index (χ0) is 15.4. The maximum Gasteiger partial charge on any atom is 0.251 e. The Kier molecular flexibility index (Phi) is 5.21. The van der Waals surface area contributed by atoms with Crippen LogP contribution in [0.15, 0.2) is 12.1 Å². The van der Waals surface area contributed by atoms with Gasteiger partial charge >= 0.3 is 0 Å². The summed E-state index contributed by atoms with van der Waals surface area (Å²) in [6, 6.07) is 4.02. The molecule has 1 aliphatic rings.